The third-order valence-corrected chi connectivity index (χ3v) is 4.15. The van der Waals surface area contributed by atoms with E-state index < -0.39 is 0 Å². The van der Waals surface area contributed by atoms with Crippen LogP contribution in [0.4, 0.5) is 0 Å². The lowest BCUT2D eigenvalue weighted by atomic mass is 10.2. The molecule has 2 N–H and O–H groups in total. The second-order valence-electron chi connectivity index (χ2n) is 6.08. The smallest absolute Gasteiger partial charge is 0.231 e. The molecule has 0 aliphatic carbocycles. The fourth-order valence-electron chi connectivity index (χ4n) is 3.04. The van der Waals surface area contributed by atoms with Gasteiger partial charge in [0, 0.05) is 11.8 Å². The molecule has 1 aliphatic rings. The minimum atomic E-state index is -0.339. The summed E-state index contributed by atoms with van der Waals surface area (Å²) in [6, 6.07) is 9.09. The Kier molecular flexibility index (Phi) is 5.14. The Morgan fingerprint density at radius 3 is 2.68 bits per heavy atom. The Hall–Kier alpha value is -2.67. The van der Waals surface area contributed by atoms with Gasteiger partial charge >= 0.3 is 0 Å². The zero-order valence-corrected chi connectivity index (χ0v) is 14.4. The minimum Gasteiger partial charge on any atom is -0.497 e. The summed E-state index contributed by atoms with van der Waals surface area (Å²) in [6.45, 7) is 2.94. The van der Waals surface area contributed by atoms with Gasteiger partial charge in [-0.1, -0.05) is 0 Å². The van der Waals surface area contributed by atoms with Crippen molar-refractivity contribution in [1.82, 2.24) is 14.9 Å². The van der Waals surface area contributed by atoms with Crippen molar-refractivity contribution in [2.45, 2.75) is 25.8 Å². The highest BCUT2D eigenvalue weighted by atomic mass is 16.5. The van der Waals surface area contributed by atoms with Crippen molar-refractivity contribution in [3.63, 3.8) is 0 Å². The number of carbonyl (C=O) groups is 1. The number of aryl methyl sites for hydroxylation is 1. The largest absolute Gasteiger partial charge is 0.497 e. The number of nitrogens with zero attached hydrogens (tertiary/aromatic N) is 3. The van der Waals surface area contributed by atoms with Crippen molar-refractivity contribution < 1.29 is 14.3 Å². The normalized spacial score (nSPS) is 17.4. The molecule has 1 unspecified atom stereocenters. The third-order valence-electron chi connectivity index (χ3n) is 4.15. The summed E-state index contributed by atoms with van der Waals surface area (Å²) in [5, 5.41) is 0. The van der Waals surface area contributed by atoms with Gasteiger partial charge in [0.25, 0.3) is 0 Å². The molecular formula is C18H22N4O3. The van der Waals surface area contributed by atoms with Crippen LogP contribution < -0.4 is 15.2 Å². The molecule has 1 aromatic carbocycles. The SMILES string of the molecule is COc1ccc(Oc2cc(C)nc(C3CCCN3CC(N)=O)n2)cc1. The lowest BCUT2D eigenvalue weighted by Gasteiger charge is -2.22. The number of carbonyl (C=O) groups excluding carboxylic acids is 1. The van der Waals surface area contributed by atoms with Crippen LogP contribution in [-0.2, 0) is 4.79 Å². The molecule has 0 bridgehead atoms. The summed E-state index contributed by atoms with van der Waals surface area (Å²) >= 11 is 0. The highest BCUT2D eigenvalue weighted by Crippen LogP contribution is 2.31. The molecular weight excluding hydrogens is 320 g/mol. The number of likely N-dealkylation sites (tertiary alicyclic amines) is 1. The molecule has 1 aliphatic heterocycles. The van der Waals surface area contributed by atoms with Crippen LogP contribution in [0, 0.1) is 6.92 Å². The van der Waals surface area contributed by atoms with Crippen molar-refractivity contribution in [3.05, 3.63) is 41.9 Å². The lowest BCUT2D eigenvalue weighted by Crippen LogP contribution is -2.34. The average molecular weight is 342 g/mol. The molecule has 0 radical (unpaired) electrons. The van der Waals surface area contributed by atoms with Gasteiger partial charge in [0.2, 0.25) is 11.8 Å². The summed E-state index contributed by atoms with van der Waals surface area (Å²) in [6.07, 6.45) is 1.89. The Morgan fingerprint density at radius 1 is 1.28 bits per heavy atom. The molecule has 2 aromatic rings. The van der Waals surface area contributed by atoms with Gasteiger partial charge in [-0.05, 0) is 50.6 Å². The Labute approximate surface area is 146 Å². The zero-order chi connectivity index (χ0) is 17.8. The van der Waals surface area contributed by atoms with Crippen LogP contribution in [0.1, 0.15) is 30.4 Å². The number of benzene rings is 1. The number of nitrogens with two attached hydrogens (primary N) is 1. The van der Waals surface area contributed by atoms with E-state index in [1.165, 1.54) is 0 Å². The van der Waals surface area contributed by atoms with Gasteiger partial charge in [0.15, 0.2) is 0 Å². The second kappa shape index (κ2) is 7.48. The molecule has 132 valence electrons. The van der Waals surface area contributed by atoms with Crippen LogP contribution in [-0.4, -0.2) is 41.0 Å². The number of ether oxygens (including phenoxy) is 2. The van der Waals surface area contributed by atoms with Gasteiger partial charge in [-0.2, -0.15) is 4.98 Å². The monoisotopic (exact) mass is 342 g/mol. The van der Waals surface area contributed by atoms with Crippen molar-refractivity contribution in [3.8, 4) is 17.4 Å². The van der Waals surface area contributed by atoms with Gasteiger partial charge in [-0.15, -0.1) is 0 Å². The summed E-state index contributed by atoms with van der Waals surface area (Å²) in [7, 11) is 1.62. The summed E-state index contributed by atoms with van der Waals surface area (Å²) in [5.74, 6) is 2.25. The molecule has 0 spiro atoms. The molecule has 1 fully saturated rings. The van der Waals surface area contributed by atoms with Gasteiger partial charge in [-0.25, -0.2) is 4.98 Å². The lowest BCUT2D eigenvalue weighted by molar-refractivity contribution is -0.119. The van der Waals surface area contributed by atoms with E-state index in [0.717, 1.165) is 30.8 Å². The Morgan fingerprint density at radius 2 is 2.00 bits per heavy atom. The van der Waals surface area contributed by atoms with Gasteiger partial charge in [-0.3, -0.25) is 9.69 Å². The summed E-state index contributed by atoms with van der Waals surface area (Å²) in [5.41, 5.74) is 6.16. The quantitative estimate of drug-likeness (QED) is 0.865. The van der Waals surface area contributed by atoms with Crippen LogP contribution in [0.3, 0.4) is 0 Å². The number of primary amides is 1. The fraction of sp³-hybridized carbons (Fsp3) is 0.389. The van der Waals surface area contributed by atoms with E-state index in [9.17, 15) is 4.79 Å². The standard InChI is InChI=1S/C18H22N4O3/c1-12-10-17(25-14-7-5-13(24-2)6-8-14)21-18(20-12)15-4-3-9-22(15)11-16(19)23/h5-8,10,15H,3-4,9,11H2,1-2H3,(H2,19,23). The van der Waals surface area contributed by atoms with E-state index in [4.69, 9.17) is 15.2 Å². The van der Waals surface area contributed by atoms with E-state index in [0.29, 0.717) is 17.5 Å². The Balaban J connectivity index is 1.81. The number of amides is 1. The van der Waals surface area contributed by atoms with Crippen LogP contribution in [0.5, 0.6) is 17.4 Å². The third kappa shape index (κ3) is 4.24. The van der Waals surface area contributed by atoms with Crippen molar-refractivity contribution in [2.24, 2.45) is 5.73 Å². The molecule has 7 heteroatoms. The molecule has 1 amide bonds. The van der Waals surface area contributed by atoms with E-state index in [1.54, 1.807) is 13.2 Å². The molecule has 3 rings (SSSR count). The topological polar surface area (TPSA) is 90.6 Å². The first-order chi connectivity index (χ1) is 12.0. The fourth-order valence-corrected chi connectivity index (χ4v) is 3.04. The zero-order valence-electron chi connectivity index (χ0n) is 14.4. The number of methoxy groups -OCH3 is 1. The van der Waals surface area contributed by atoms with Gasteiger partial charge < -0.3 is 15.2 Å². The highest BCUT2D eigenvalue weighted by molar-refractivity contribution is 5.76. The van der Waals surface area contributed by atoms with Gasteiger partial charge in [0.05, 0.1) is 19.7 Å². The van der Waals surface area contributed by atoms with E-state index >= 15 is 0 Å². The second-order valence-corrected chi connectivity index (χ2v) is 6.08. The first kappa shape index (κ1) is 17.2. The number of hydrogen-bond donors (Lipinski definition) is 1. The summed E-state index contributed by atoms with van der Waals surface area (Å²) < 4.78 is 11.0. The number of rotatable bonds is 6. The van der Waals surface area contributed by atoms with Crippen molar-refractivity contribution in [2.75, 3.05) is 20.2 Å². The van der Waals surface area contributed by atoms with Crippen LogP contribution in [0.2, 0.25) is 0 Å². The summed E-state index contributed by atoms with van der Waals surface area (Å²) in [4.78, 5) is 22.4. The molecule has 7 nitrogen and oxygen atoms in total. The first-order valence-electron chi connectivity index (χ1n) is 8.25. The number of hydrogen-bond acceptors (Lipinski definition) is 6. The van der Waals surface area contributed by atoms with E-state index in [1.807, 2.05) is 36.1 Å². The maximum atomic E-state index is 11.3. The van der Waals surface area contributed by atoms with Crippen LogP contribution in [0.15, 0.2) is 30.3 Å². The van der Waals surface area contributed by atoms with E-state index in [-0.39, 0.29) is 18.5 Å². The number of aromatic nitrogens is 2. The van der Waals surface area contributed by atoms with Crippen molar-refractivity contribution >= 4 is 5.91 Å². The average Bonchev–Trinajstić information content (AvgIpc) is 3.02. The Bertz CT molecular complexity index is 748. The van der Waals surface area contributed by atoms with Gasteiger partial charge in [0.1, 0.15) is 17.3 Å². The first-order valence-corrected chi connectivity index (χ1v) is 8.25. The maximum Gasteiger partial charge on any atom is 0.231 e. The van der Waals surface area contributed by atoms with Crippen molar-refractivity contribution in [1.29, 1.82) is 0 Å². The minimum absolute atomic E-state index is 0.00869. The van der Waals surface area contributed by atoms with Crippen LogP contribution >= 0.6 is 0 Å². The highest BCUT2D eigenvalue weighted by Gasteiger charge is 2.29. The molecule has 1 aromatic heterocycles. The van der Waals surface area contributed by atoms with Crippen LogP contribution in [0.25, 0.3) is 0 Å². The maximum absolute atomic E-state index is 11.3. The molecule has 25 heavy (non-hydrogen) atoms. The van der Waals surface area contributed by atoms with E-state index in [2.05, 4.69) is 9.97 Å². The molecule has 0 saturated carbocycles. The molecule has 1 saturated heterocycles. The predicted molar refractivity (Wildman–Crippen MR) is 92.6 cm³/mol. The molecule has 2 heterocycles. The molecule has 1 atom stereocenters. The predicted octanol–water partition coefficient (Wildman–Crippen LogP) is 2.21.